The number of hydrogen-bond donors (Lipinski definition) is 3. The second-order valence-electron chi connectivity index (χ2n) is 6.12. The molecule has 28 heavy (non-hydrogen) atoms. The minimum atomic E-state index is -0.401. The highest BCUT2D eigenvalue weighted by Crippen LogP contribution is 2.19. The lowest BCUT2D eigenvalue weighted by Gasteiger charge is -2.16. The molecule has 7 heteroatoms. The van der Waals surface area contributed by atoms with Gasteiger partial charge in [-0.3, -0.25) is 14.9 Å². The predicted molar refractivity (Wildman–Crippen MR) is 115 cm³/mol. The molecule has 0 saturated carbocycles. The molecule has 0 fully saturated rings. The first-order chi connectivity index (χ1) is 13.4. The molecule has 6 nitrogen and oxygen atoms in total. The summed E-state index contributed by atoms with van der Waals surface area (Å²) < 4.78 is 5.67. The number of thiocarbonyl (C=S) groups is 1. The van der Waals surface area contributed by atoms with Gasteiger partial charge in [-0.15, -0.1) is 6.58 Å². The molecular weight excluding hydrogens is 374 g/mol. The minimum Gasteiger partial charge on any atom is -0.490 e. The molecule has 0 atom stereocenters. The van der Waals surface area contributed by atoms with Crippen LogP contribution < -0.4 is 20.7 Å². The normalized spacial score (nSPS) is 10.1. The summed E-state index contributed by atoms with van der Waals surface area (Å²) in [7, 11) is 0. The Kier molecular flexibility index (Phi) is 7.71. The van der Waals surface area contributed by atoms with Crippen molar-refractivity contribution in [1.29, 1.82) is 0 Å². The van der Waals surface area contributed by atoms with Crippen molar-refractivity contribution in [2.75, 3.05) is 11.9 Å². The molecule has 2 aromatic carbocycles. The Morgan fingerprint density at radius 3 is 2.39 bits per heavy atom. The van der Waals surface area contributed by atoms with E-state index in [1.807, 2.05) is 13.8 Å². The van der Waals surface area contributed by atoms with Crippen LogP contribution in [0.3, 0.4) is 0 Å². The second kappa shape index (κ2) is 10.2. The van der Waals surface area contributed by atoms with E-state index in [4.69, 9.17) is 17.0 Å². The van der Waals surface area contributed by atoms with Gasteiger partial charge >= 0.3 is 0 Å². The Bertz CT molecular complexity index is 881. The van der Waals surface area contributed by atoms with Crippen LogP contribution in [0.5, 0.6) is 5.75 Å². The van der Waals surface area contributed by atoms with E-state index in [0.717, 1.165) is 0 Å². The van der Waals surface area contributed by atoms with E-state index in [1.165, 1.54) is 0 Å². The van der Waals surface area contributed by atoms with E-state index < -0.39 is 5.91 Å². The van der Waals surface area contributed by atoms with Crippen LogP contribution in [0.4, 0.5) is 5.69 Å². The zero-order chi connectivity index (χ0) is 20.5. The van der Waals surface area contributed by atoms with Crippen molar-refractivity contribution in [1.82, 2.24) is 10.6 Å². The van der Waals surface area contributed by atoms with Gasteiger partial charge in [-0.25, -0.2) is 0 Å². The van der Waals surface area contributed by atoms with Crippen molar-refractivity contribution < 1.29 is 14.3 Å². The maximum absolute atomic E-state index is 12.6. The summed E-state index contributed by atoms with van der Waals surface area (Å²) in [6.07, 6.45) is 1.52. The average molecular weight is 398 g/mol. The summed E-state index contributed by atoms with van der Waals surface area (Å²) >= 11 is 5.25. The van der Waals surface area contributed by atoms with Gasteiger partial charge in [0.05, 0.1) is 22.9 Å². The maximum atomic E-state index is 12.6. The van der Waals surface area contributed by atoms with Gasteiger partial charge in [0.15, 0.2) is 5.11 Å². The minimum absolute atomic E-state index is 0.0695. The third-order valence-electron chi connectivity index (χ3n) is 3.55. The lowest BCUT2D eigenvalue weighted by Crippen LogP contribution is -2.35. The van der Waals surface area contributed by atoms with Gasteiger partial charge in [-0.1, -0.05) is 30.3 Å². The van der Waals surface area contributed by atoms with Gasteiger partial charge in [0, 0.05) is 6.54 Å². The molecule has 2 amide bonds. The zero-order valence-electron chi connectivity index (χ0n) is 15.8. The smallest absolute Gasteiger partial charge is 0.261 e. The van der Waals surface area contributed by atoms with E-state index in [0.29, 0.717) is 29.1 Å². The van der Waals surface area contributed by atoms with Crippen molar-refractivity contribution in [2.45, 2.75) is 20.0 Å². The number of hydrogen-bond acceptors (Lipinski definition) is 4. The highest BCUT2D eigenvalue weighted by molar-refractivity contribution is 7.80. The fourth-order valence-corrected chi connectivity index (χ4v) is 2.59. The number of nitrogens with one attached hydrogen (secondary N) is 3. The number of benzene rings is 2. The SMILES string of the molecule is C=CCNC(=O)c1ccccc1NC(=S)NC(=O)c1ccccc1OC(C)C. The number of anilines is 1. The fraction of sp³-hybridized carbons (Fsp3) is 0.190. The Balaban J connectivity index is 2.10. The largest absolute Gasteiger partial charge is 0.490 e. The average Bonchev–Trinajstić information content (AvgIpc) is 2.66. The zero-order valence-corrected chi connectivity index (χ0v) is 16.6. The van der Waals surface area contributed by atoms with Crippen molar-refractivity contribution in [3.8, 4) is 5.75 Å². The Morgan fingerprint density at radius 2 is 1.71 bits per heavy atom. The van der Waals surface area contributed by atoms with Gasteiger partial charge in [0.1, 0.15) is 5.75 Å². The summed E-state index contributed by atoms with van der Waals surface area (Å²) in [5, 5.41) is 8.31. The first-order valence-electron chi connectivity index (χ1n) is 8.78. The van der Waals surface area contributed by atoms with E-state index in [-0.39, 0.29) is 17.1 Å². The molecule has 0 unspecified atom stereocenters. The second-order valence-corrected chi connectivity index (χ2v) is 6.52. The van der Waals surface area contributed by atoms with Crippen molar-refractivity contribution >= 4 is 34.8 Å². The van der Waals surface area contributed by atoms with Gasteiger partial charge in [-0.2, -0.15) is 0 Å². The number of ether oxygens (including phenoxy) is 1. The van der Waals surface area contributed by atoms with Crippen LogP contribution in [0.2, 0.25) is 0 Å². The molecule has 2 aromatic rings. The number of carbonyl (C=O) groups is 2. The monoisotopic (exact) mass is 397 g/mol. The number of amides is 2. The van der Waals surface area contributed by atoms with Gasteiger partial charge in [-0.05, 0) is 50.3 Å². The van der Waals surface area contributed by atoms with Gasteiger partial charge in [0.25, 0.3) is 11.8 Å². The molecule has 0 aliphatic rings. The molecule has 3 N–H and O–H groups in total. The summed E-state index contributed by atoms with van der Waals surface area (Å²) in [6, 6.07) is 13.8. The van der Waals surface area contributed by atoms with Gasteiger partial charge < -0.3 is 15.4 Å². The van der Waals surface area contributed by atoms with E-state index in [9.17, 15) is 9.59 Å². The Labute approximate surface area is 170 Å². The maximum Gasteiger partial charge on any atom is 0.261 e. The quantitative estimate of drug-likeness (QED) is 0.492. The standard InChI is InChI=1S/C21H23N3O3S/c1-4-13-22-19(25)15-9-5-7-11-17(15)23-21(28)24-20(26)16-10-6-8-12-18(16)27-14(2)3/h4-12,14H,1,13H2,2-3H3,(H,22,25)(H2,23,24,26,28). The fourth-order valence-electron chi connectivity index (χ4n) is 2.39. The highest BCUT2D eigenvalue weighted by atomic mass is 32.1. The van der Waals surface area contributed by atoms with Crippen molar-refractivity contribution in [3.63, 3.8) is 0 Å². The number of rotatable bonds is 7. The number of carbonyl (C=O) groups excluding carboxylic acids is 2. The molecule has 2 rings (SSSR count). The molecule has 0 spiro atoms. The van der Waals surface area contributed by atoms with Gasteiger partial charge in [0.2, 0.25) is 0 Å². The molecule has 0 aromatic heterocycles. The van der Waals surface area contributed by atoms with E-state index in [2.05, 4.69) is 22.5 Å². The topological polar surface area (TPSA) is 79.5 Å². The highest BCUT2D eigenvalue weighted by Gasteiger charge is 2.16. The van der Waals surface area contributed by atoms with Crippen LogP contribution in [0.25, 0.3) is 0 Å². The molecular formula is C21H23N3O3S. The van der Waals surface area contributed by atoms with Crippen molar-refractivity contribution in [2.24, 2.45) is 0 Å². The number of para-hydroxylation sites is 2. The third kappa shape index (κ3) is 5.92. The lowest BCUT2D eigenvalue weighted by molar-refractivity contribution is 0.0955. The summed E-state index contributed by atoms with van der Waals surface area (Å²) in [6.45, 7) is 7.69. The van der Waals surface area contributed by atoms with Crippen LogP contribution >= 0.6 is 12.2 Å². The summed E-state index contributed by atoms with van der Waals surface area (Å²) in [5.41, 5.74) is 1.27. The lowest BCUT2D eigenvalue weighted by atomic mass is 10.1. The molecule has 0 heterocycles. The van der Waals surface area contributed by atoms with Crippen LogP contribution in [-0.2, 0) is 0 Å². The van der Waals surface area contributed by atoms with Crippen LogP contribution in [-0.4, -0.2) is 29.6 Å². The Hall–Kier alpha value is -3.19. The van der Waals surface area contributed by atoms with Crippen molar-refractivity contribution in [3.05, 3.63) is 72.3 Å². The first kappa shape index (κ1) is 21.1. The summed E-state index contributed by atoms with van der Waals surface area (Å²) in [4.78, 5) is 24.8. The third-order valence-corrected chi connectivity index (χ3v) is 3.75. The molecule has 0 bridgehead atoms. The van der Waals surface area contributed by atoms with Crippen LogP contribution in [0, 0.1) is 0 Å². The molecule has 0 radical (unpaired) electrons. The Morgan fingerprint density at radius 1 is 1.07 bits per heavy atom. The van der Waals surface area contributed by atoms with E-state index in [1.54, 1.807) is 54.6 Å². The predicted octanol–water partition coefficient (Wildman–Crippen LogP) is 3.52. The van der Waals surface area contributed by atoms with Crippen LogP contribution in [0.1, 0.15) is 34.6 Å². The molecule has 146 valence electrons. The molecule has 0 aliphatic heterocycles. The first-order valence-corrected chi connectivity index (χ1v) is 9.19. The molecule has 0 aliphatic carbocycles. The van der Waals surface area contributed by atoms with E-state index >= 15 is 0 Å². The molecule has 0 saturated heterocycles. The van der Waals surface area contributed by atoms with Crippen LogP contribution in [0.15, 0.2) is 61.2 Å². The summed E-state index contributed by atoms with van der Waals surface area (Å²) in [5.74, 6) is -0.197.